The molecule has 0 atom stereocenters. The highest BCUT2D eigenvalue weighted by molar-refractivity contribution is 5.92. The minimum absolute atomic E-state index is 0.0000674. The first-order valence-electron chi connectivity index (χ1n) is 12.4. The number of halogens is 4. The van der Waals surface area contributed by atoms with Gasteiger partial charge in [0.2, 0.25) is 5.95 Å². The van der Waals surface area contributed by atoms with Crippen LogP contribution in [0, 0.1) is 11.8 Å². The summed E-state index contributed by atoms with van der Waals surface area (Å²) >= 11 is 0. The number of fused-ring (bicyclic) bond motifs is 1. The number of aryl methyl sites for hydroxylation is 1. The summed E-state index contributed by atoms with van der Waals surface area (Å²) in [4.78, 5) is 38.8. The fourth-order valence-electron chi connectivity index (χ4n) is 4.78. The van der Waals surface area contributed by atoms with Gasteiger partial charge in [0.25, 0.3) is 17.4 Å². The first kappa shape index (κ1) is 26.0. The van der Waals surface area contributed by atoms with Crippen molar-refractivity contribution in [2.24, 2.45) is 0 Å². The van der Waals surface area contributed by atoms with E-state index >= 15 is 4.39 Å². The minimum atomic E-state index is -2.87. The van der Waals surface area contributed by atoms with E-state index in [0.29, 0.717) is 43.5 Å². The van der Waals surface area contributed by atoms with Crippen molar-refractivity contribution in [3.63, 3.8) is 0 Å². The van der Waals surface area contributed by atoms with Crippen LogP contribution in [0.5, 0.6) is 0 Å². The summed E-state index contributed by atoms with van der Waals surface area (Å²) < 4.78 is 56.6. The Morgan fingerprint density at radius 1 is 1.16 bits per heavy atom. The zero-order valence-corrected chi connectivity index (χ0v) is 20.7. The Morgan fingerprint density at radius 2 is 1.92 bits per heavy atom. The number of carbonyl (C=O) groups is 1. The van der Waals surface area contributed by atoms with Crippen molar-refractivity contribution >= 4 is 22.5 Å². The maximum atomic E-state index is 15.1. The maximum Gasteiger partial charge on any atom is 0.284 e. The van der Waals surface area contributed by atoms with Gasteiger partial charge in [-0.25, -0.2) is 23.2 Å². The highest BCUT2D eigenvalue weighted by Gasteiger charge is 2.39. The third-order valence-electron chi connectivity index (χ3n) is 6.94. The van der Waals surface area contributed by atoms with Gasteiger partial charge in [-0.3, -0.25) is 24.9 Å². The molecule has 2 N–H and O–H groups in total. The molecule has 0 saturated carbocycles. The van der Waals surface area contributed by atoms with Gasteiger partial charge in [0.15, 0.2) is 5.82 Å². The molecule has 2 saturated heterocycles. The molecule has 0 spiro atoms. The smallest absolute Gasteiger partial charge is 0.284 e. The monoisotopic (exact) mass is 533 g/mol. The lowest BCUT2D eigenvalue weighted by molar-refractivity contribution is 0.00697. The first-order valence-corrected chi connectivity index (χ1v) is 12.4. The average molecular weight is 534 g/mol. The first-order chi connectivity index (χ1) is 18.1. The van der Waals surface area contributed by atoms with E-state index in [1.807, 2.05) is 11.8 Å². The lowest BCUT2D eigenvalue weighted by atomic mass is 10.1. The Kier molecular flexibility index (Phi) is 7.05. The van der Waals surface area contributed by atoms with Crippen molar-refractivity contribution in [1.29, 1.82) is 0 Å². The lowest BCUT2D eigenvalue weighted by Gasteiger charge is -2.35. The van der Waals surface area contributed by atoms with Gasteiger partial charge in [0.05, 0.1) is 23.4 Å². The predicted octanol–water partition coefficient (Wildman–Crippen LogP) is 2.47. The molecule has 9 nitrogen and oxygen atoms in total. The molecule has 13 heteroatoms. The summed E-state index contributed by atoms with van der Waals surface area (Å²) in [6, 6.07) is 4.44. The fraction of sp³-hybridized carbons (Fsp3) is 0.440. The van der Waals surface area contributed by atoms with Crippen LogP contribution in [0.4, 0.5) is 23.2 Å². The molecule has 2 aliphatic rings. The molecule has 0 bridgehead atoms. The maximum absolute atomic E-state index is 15.1. The number of amides is 1. The molecule has 3 aromatic heterocycles. The van der Waals surface area contributed by atoms with Gasteiger partial charge >= 0.3 is 0 Å². The zero-order chi connectivity index (χ0) is 27.0. The van der Waals surface area contributed by atoms with Crippen LogP contribution >= 0.6 is 0 Å². The van der Waals surface area contributed by atoms with E-state index in [9.17, 15) is 22.8 Å². The number of nitrogens with zero attached hydrogens (tertiary/aromatic N) is 5. The minimum Gasteiger partial charge on any atom is -0.365 e. The molecule has 2 fully saturated rings. The van der Waals surface area contributed by atoms with Crippen molar-refractivity contribution in [3.05, 3.63) is 63.5 Å². The second-order valence-electron chi connectivity index (χ2n) is 9.56. The number of hydrogen-bond acceptors (Lipinski definition) is 7. The number of H-pyrrole nitrogens is 1. The van der Waals surface area contributed by atoms with E-state index in [4.69, 9.17) is 0 Å². The highest BCUT2D eigenvalue weighted by atomic mass is 19.3. The number of rotatable bonds is 6. The van der Waals surface area contributed by atoms with Crippen LogP contribution in [0.25, 0.3) is 10.9 Å². The van der Waals surface area contributed by atoms with E-state index in [2.05, 4.69) is 20.4 Å². The second-order valence-corrected chi connectivity index (χ2v) is 9.56. The third-order valence-corrected chi connectivity index (χ3v) is 6.94. The van der Waals surface area contributed by atoms with E-state index in [0.717, 1.165) is 5.01 Å². The summed E-state index contributed by atoms with van der Waals surface area (Å²) in [5.41, 5.74) is 2.94. The molecule has 2 aliphatic heterocycles. The largest absolute Gasteiger partial charge is 0.365 e. The van der Waals surface area contributed by atoms with Crippen LogP contribution in [0.15, 0.2) is 29.2 Å². The number of carbonyl (C=O) groups excluding carboxylic acids is 1. The van der Waals surface area contributed by atoms with Gasteiger partial charge in [0, 0.05) is 62.8 Å². The standard InChI is InChI=1S/C25H27F4N7O2/c1-2-15-11-16-12-30-18(20(26)21(16)32-23(15)37)13-34-7-9-35(10-8-34)19-4-3-17(31-22(19)27)24(38)33-36-6-5-25(28,29)14-36/h3-4,11-12H,2,5-10,13-14H2,1H3,(H,32,37)(H,33,38). The molecule has 0 aromatic carbocycles. The van der Waals surface area contributed by atoms with Crippen LogP contribution in [-0.4, -0.2) is 76.0 Å². The Labute approximate surface area is 215 Å². The van der Waals surface area contributed by atoms with E-state index in [-0.39, 0.29) is 47.7 Å². The summed E-state index contributed by atoms with van der Waals surface area (Å²) in [5, 5.41) is 1.63. The van der Waals surface area contributed by atoms with Crippen molar-refractivity contribution in [3.8, 4) is 0 Å². The van der Waals surface area contributed by atoms with Crippen LogP contribution in [0.1, 0.15) is 35.1 Å². The SMILES string of the molecule is CCc1cc2cnc(CN3CCN(c4ccc(C(=O)NN5CCC(F)(F)C5)nc4F)CC3)c(F)c2[nH]c1=O. The Morgan fingerprint density at radius 3 is 2.58 bits per heavy atom. The summed E-state index contributed by atoms with van der Waals surface area (Å²) in [5.74, 6) is -5.02. The topological polar surface area (TPSA) is 97.5 Å². The summed E-state index contributed by atoms with van der Waals surface area (Å²) in [6.07, 6.45) is 1.72. The molecular weight excluding hydrogens is 506 g/mol. The number of anilines is 1. The summed E-state index contributed by atoms with van der Waals surface area (Å²) in [7, 11) is 0. The summed E-state index contributed by atoms with van der Waals surface area (Å²) in [6.45, 7) is 3.33. The van der Waals surface area contributed by atoms with E-state index in [1.165, 1.54) is 12.1 Å². The zero-order valence-electron chi connectivity index (χ0n) is 20.7. The Hall–Kier alpha value is -3.58. The van der Waals surface area contributed by atoms with Crippen LogP contribution < -0.4 is 15.9 Å². The Balaban J connectivity index is 1.20. The molecule has 5 rings (SSSR count). The van der Waals surface area contributed by atoms with Gasteiger partial charge in [-0.2, -0.15) is 4.39 Å². The molecule has 5 heterocycles. The van der Waals surface area contributed by atoms with E-state index in [1.54, 1.807) is 17.2 Å². The van der Waals surface area contributed by atoms with Gasteiger partial charge in [-0.1, -0.05) is 6.92 Å². The third kappa shape index (κ3) is 5.34. The number of nitrogens with one attached hydrogen (secondary N) is 2. The highest BCUT2D eigenvalue weighted by Crippen LogP contribution is 2.26. The van der Waals surface area contributed by atoms with E-state index < -0.39 is 30.1 Å². The van der Waals surface area contributed by atoms with Gasteiger partial charge in [-0.05, 0) is 24.6 Å². The number of hydrogen-bond donors (Lipinski definition) is 2. The molecule has 38 heavy (non-hydrogen) atoms. The Bertz CT molecular complexity index is 1420. The van der Waals surface area contributed by atoms with Crippen LogP contribution in [-0.2, 0) is 13.0 Å². The number of aromatic nitrogens is 3. The number of aromatic amines is 1. The molecule has 3 aromatic rings. The van der Waals surface area contributed by atoms with Gasteiger partial charge < -0.3 is 9.88 Å². The molecular formula is C25H27F4N7O2. The average Bonchev–Trinajstić information content (AvgIpc) is 3.24. The number of alkyl halides is 2. The number of piperazine rings is 1. The number of hydrazine groups is 1. The normalized spacial score (nSPS) is 18.3. The lowest BCUT2D eigenvalue weighted by Crippen LogP contribution is -2.46. The second kappa shape index (κ2) is 10.3. The predicted molar refractivity (Wildman–Crippen MR) is 132 cm³/mol. The molecule has 1 amide bonds. The molecule has 0 aliphatic carbocycles. The molecule has 0 radical (unpaired) electrons. The number of pyridine rings is 3. The molecule has 202 valence electrons. The van der Waals surface area contributed by atoms with Gasteiger partial charge in [-0.15, -0.1) is 0 Å². The van der Waals surface area contributed by atoms with Crippen LogP contribution in [0.3, 0.4) is 0 Å². The van der Waals surface area contributed by atoms with Crippen molar-refractivity contribution in [1.82, 2.24) is 30.3 Å². The molecule has 0 unspecified atom stereocenters. The van der Waals surface area contributed by atoms with Crippen LogP contribution in [0.2, 0.25) is 0 Å². The quantitative estimate of drug-likeness (QED) is 0.371. The van der Waals surface area contributed by atoms with Crippen molar-refractivity contribution in [2.45, 2.75) is 32.2 Å². The fourth-order valence-corrected chi connectivity index (χ4v) is 4.78. The van der Waals surface area contributed by atoms with Crippen molar-refractivity contribution in [2.75, 3.05) is 44.2 Å². The van der Waals surface area contributed by atoms with Gasteiger partial charge in [0.1, 0.15) is 5.69 Å². The van der Waals surface area contributed by atoms with Crippen molar-refractivity contribution < 1.29 is 22.4 Å².